The van der Waals surface area contributed by atoms with Crippen LogP contribution in [0.5, 0.6) is 0 Å². The third-order valence-electron chi connectivity index (χ3n) is 4.64. The van der Waals surface area contributed by atoms with Crippen LogP contribution in [-0.2, 0) is 4.79 Å². The van der Waals surface area contributed by atoms with Crippen LogP contribution in [0.4, 0.5) is 5.82 Å². The Morgan fingerprint density at radius 2 is 1.68 bits per heavy atom. The minimum Gasteiger partial charge on any atom is -0.353 e. The van der Waals surface area contributed by atoms with Crippen LogP contribution < -0.4 is 4.90 Å². The molecule has 1 fully saturated rings. The van der Waals surface area contributed by atoms with Gasteiger partial charge in [-0.05, 0) is 40.7 Å². The second kappa shape index (κ2) is 6.82. The van der Waals surface area contributed by atoms with Crippen LogP contribution in [-0.4, -0.2) is 56.7 Å². The van der Waals surface area contributed by atoms with Gasteiger partial charge in [0.1, 0.15) is 17.7 Å². The smallest absolute Gasteiger partial charge is 0.247 e. The average Bonchev–Trinajstić information content (AvgIpc) is 2.91. The van der Waals surface area contributed by atoms with Crippen molar-refractivity contribution in [2.24, 2.45) is 0 Å². The molecule has 0 unspecified atom stereocenters. The molecule has 1 aliphatic heterocycles. The van der Waals surface area contributed by atoms with E-state index < -0.39 is 0 Å². The molecule has 1 aliphatic rings. The van der Waals surface area contributed by atoms with Gasteiger partial charge in [-0.15, -0.1) is 0 Å². The van der Waals surface area contributed by atoms with E-state index in [4.69, 9.17) is 0 Å². The highest BCUT2D eigenvalue weighted by Gasteiger charge is 2.27. The Labute approximate surface area is 148 Å². The zero-order valence-corrected chi connectivity index (χ0v) is 15.7. The van der Waals surface area contributed by atoms with Gasteiger partial charge in [0.25, 0.3) is 0 Å². The Kier molecular flexibility index (Phi) is 4.74. The van der Waals surface area contributed by atoms with Gasteiger partial charge in [-0.3, -0.25) is 9.48 Å². The Morgan fingerprint density at radius 3 is 2.24 bits per heavy atom. The van der Waals surface area contributed by atoms with Crippen LogP contribution in [0.15, 0.2) is 12.1 Å². The lowest BCUT2D eigenvalue weighted by Crippen LogP contribution is -2.50. The second-order valence-electron chi connectivity index (χ2n) is 6.77. The molecule has 3 rings (SSSR count). The Bertz CT molecular complexity index is 756. The molecule has 7 nitrogen and oxygen atoms in total. The van der Waals surface area contributed by atoms with E-state index in [1.807, 2.05) is 56.3 Å². The third-order valence-corrected chi connectivity index (χ3v) is 4.64. The van der Waals surface area contributed by atoms with Crippen LogP contribution in [0, 0.1) is 27.7 Å². The number of rotatable bonds is 3. The molecule has 0 saturated carbocycles. The van der Waals surface area contributed by atoms with Crippen molar-refractivity contribution in [2.75, 3.05) is 31.1 Å². The van der Waals surface area contributed by atoms with Crippen molar-refractivity contribution in [3.8, 4) is 0 Å². The monoisotopic (exact) mass is 342 g/mol. The summed E-state index contributed by atoms with van der Waals surface area (Å²) in [6, 6.07) is 3.73. The van der Waals surface area contributed by atoms with Crippen molar-refractivity contribution < 1.29 is 4.79 Å². The molecule has 2 aromatic heterocycles. The van der Waals surface area contributed by atoms with E-state index in [1.54, 1.807) is 0 Å². The lowest BCUT2D eigenvalue weighted by molar-refractivity contribution is -0.134. The first-order chi connectivity index (χ1) is 11.8. The zero-order valence-electron chi connectivity index (χ0n) is 15.7. The minimum absolute atomic E-state index is 0.126. The summed E-state index contributed by atoms with van der Waals surface area (Å²) >= 11 is 0. The number of anilines is 1. The molecule has 0 N–H and O–H groups in total. The van der Waals surface area contributed by atoms with Crippen LogP contribution >= 0.6 is 0 Å². The second-order valence-corrected chi connectivity index (χ2v) is 6.77. The summed E-state index contributed by atoms with van der Waals surface area (Å²) in [6.07, 6.45) is 0. The van der Waals surface area contributed by atoms with E-state index >= 15 is 0 Å². The molecule has 7 heteroatoms. The number of aryl methyl sites for hydroxylation is 4. The number of piperazine rings is 1. The van der Waals surface area contributed by atoms with Crippen molar-refractivity contribution >= 4 is 11.7 Å². The maximum Gasteiger partial charge on any atom is 0.247 e. The molecule has 0 spiro atoms. The lowest BCUT2D eigenvalue weighted by Gasteiger charge is -2.36. The van der Waals surface area contributed by atoms with Crippen molar-refractivity contribution in [1.29, 1.82) is 0 Å². The number of carbonyl (C=O) groups excluding carboxylic acids is 1. The lowest BCUT2D eigenvalue weighted by atomic mass is 10.2. The Hall–Kier alpha value is -2.44. The van der Waals surface area contributed by atoms with Gasteiger partial charge in [-0.2, -0.15) is 5.10 Å². The largest absolute Gasteiger partial charge is 0.353 e. The fraction of sp³-hybridized carbons (Fsp3) is 0.556. The molecule has 25 heavy (non-hydrogen) atoms. The van der Waals surface area contributed by atoms with Gasteiger partial charge in [-0.1, -0.05) is 0 Å². The predicted molar refractivity (Wildman–Crippen MR) is 96.7 cm³/mol. The fourth-order valence-electron chi connectivity index (χ4n) is 3.42. The first kappa shape index (κ1) is 17.4. The summed E-state index contributed by atoms with van der Waals surface area (Å²) in [7, 11) is 0. The van der Waals surface area contributed by atoms with Gasteiger partial charge in [0.15, 0.2) is 0 Å². The molecule has 0 aromatic carbocycles. The molecule has 3 heterocycles. The van der Waals surface area contributed by atoms with Gasteiger partial charge in [0, 0.05) is 43.6 Å². The molecular formula is C18H26N6O. The van der Waals surface area contributed by atoms with E-state index in [1.165, 1.54) is 0 Å². The minimum atomic E-state index is -0.274. The zero-order chi connectivity index (χ0) is 18.1. The number of hydrogen-bond acceptors (Lipinski definition) is 5. The number of nitrogens with zero attached hydrogens (tertiary/aromatic N) is 6. The van der Waals surface area contributed by atoms with Crippen LogP contribution in [0.25, 0.3) is 0 Å². The fourth-order valence-corrected chi connectivity index (χ4v) is 3.42. The standard InChI is InChI=1S/C18H26N6O/c1-12-11-17(20-16(5)19-12)22-6-8-23(9-7-22)18(25)15(4)24-14(3)10-13(2)21-24/h10-11,15H,6-9H2,1-5H3/t15-/m0/s1. The maximum absolute atomic E-state index is 12.8. The number of hydrogen-bond donors (Lipinski definition) is 0. The van der Waals surface area contributed by atoms with Gasteiger partial charge >= 0.3 is 0 Å². The summed E-state index contributed by atoms with van der Waals surface area (Å²) in [4.78, 5) is 25.8. The average molecular weight is 342 g/mol. The first-order valence-corrected chi connectivity index (χ1v) is 8.74. The van der Waals surface area contributed by atoms with Gasteiger partial charge < -0.3 is 9.80 Å². The number of aromatic nitrogens is 4. The number of amides is 1. The normalized spacial score (nSPS) is 16.2. The third kappa shape index (κ3) is 3.65. The van der Waals surface area contributed by atoms with Gasteiger partial charge in [0.05, 0.1) is 5.69 Å². The summed E-state index contributed by atoms with van der Waals surface area (Å²) in [5, 5.41) is 4.45. The Morgan fingerprint density at radius 1 is 1.00 bits per heavy atom. The molecule has 134 valence electrons. The topological polar surface area (TPSA) is 67.2 Å². The van der Waals surface area contributed by atoms with Gasteiger partial charge in [0.2, 0.25) is 5.91 Å². The first-order valence-electron chi connectivity index (χ1n) is 8.74. The molecule has 1 amide bonds. The maximum atomic E-state index is 12.8. The SMILES string of the molecule is Cc1cc(N2CCN(C(=O)[C@H](C)n3nc(C)cc3C)CC2)nc(C)n1. The van der Waals surface area contributed by atoms with E-state index in [2.05, 4.69) is 20.0 Å². The molecule has 2 aromatic rings. The van der Waals surface area contributed by atoms with E-state index in [9.17, 15) is 4.79 Å². The molecule has 0 aliphatic carbocycles. The summed E-state index contributed by atoms with van der Waals surface area (Å²) in [6.45, 7) is 12.7. The van der Waals surface area contributed by atoms with Crippen LogP contribution in [0.1, 0.15) is 35.9 Å². The van der Waals surface area contributed by atoms with Crippen molar-refractivity contribution in [1.82, 2.24) is 24.6 Å². The predicted octanol–water partition coefficient (Wildman–Crippen LogP) is 1.82. The van der Waals surface area contributed by atoms with Crippen LogP contribution in [0.3, 0.4) is 0 Å². The Balaban J connectivity index is 1.65. The molecule has 1 saturated heterocycles. The van der Waals surface area contributed by atoms with Crippen molar-refractivity contribution in [3.63, 3.8) is 0 Å². The molecule has 0 radical (unpaired) electrons. The molecule has 0 bridgehead atoms. The highest BCUT2D eigenvalue weighted by molar-refractivity contribution is 5.80. The molecule has 1 atom stereocenters. The van der Waals surface area contributed by atoms with E-state index in [-0.39, 0.29) is 11.9 Å². The van der Waals surface area contributed by atoms with Crippen molar-refractivity contribution in [2.45, 2.75) is 40.7 Å². The summed E-state index contributed by atoms with van der Waals surface area (Å²) in [5.41, 5.74) is 2.93. The van der Waals surface area contributed by atoms with Crippen LogP contribution in [0.2, 0.25) is 0 Å². The highest BCUT2D eigenvalue weighted by Crippen LogP contribution is 2.18. The highest BCUT2D eigenvalue weighted by atomic mass is 16.2. The van der Waals surface area contributed by atoms with E-state index in [0.717, 1.165) is 41.8 Å². The molecular weight excluding hydrogens is 316 g/mol. The summed E-state index contributed by atoms with van der Waals surface area (Å²) in [5.74, 6) is 1.86. The number of carbonyl (C=O) groups is 1. The van der Waals surface area contributed by atoms with E-state index in [0.29, 0.717) is 13.1 Å². The summed E-state index contributed by atoms with van der Waals surface area (Å²) < 4.78 is 1.82. The quantitative estimate of drug-likeness (QED) is 0.851. The van der Waals surface area contributed by atoms with Crippen molar-refractivity contribution in [3.05, 3.63) is 35.0 Å². The van der Waals surface area contributed by atoms with Gasteiger partial charge in [-0.25, -0.2) is 9.97 Å².